The summed E-state index contributed by atoms with van der Waals surface area (Å²) in [6.45, 7) is 2.94. The van der Waals surface area contributed by atoms with Crippen molar-refractivity contribution in [3.05, 3.63) is 53.3 Å². The Morgan fingerprint density at radius 2 is 1.84 bits per heavy atom. The average Bonchev–Trinajstić information content (AvgIpc) is 2.80. The number of aromatic nitrogens is 4. The molecule has 2 aliphatic heterocycles. The van der Waals surface area contributed by atoms with Gasteiger partial charge in [-0.2, -0.15) is 0 Å². The number of benzene rings is 1. The maximum atomic E-state index is 13.7. The number of piperidine rings is 1. The number of anilines is 2. The Morgan fingerprint density at radius 1 is 1.03 bits per heavy atom. The highest BCUT2D eigenvalue weighted by Gasteiger charge is 2.24. The zero-order chi connectivity index (χ0) is 21.4. The van der Waals surface area contributed by atoms with Gasteiger partial charge in [-0.05, 0) is 37.0 Å². The Bertz CT molecular complexity index is 1150. The molecule has 0 saturated carbocycles. The zero-order valence-electron chi connectivity index (χ0n) is 16.9. The van der Waals surface area contributed by atoms with Crippen molar-refractivity contribution in [3.63, 3.8) is 0 Å². The standard InChI is InChI=1S/C22H22ClFN6O/c23-17-12-19-15(11-18(17)24)13-27-22(28-19)30-7-1-14(2-8-30)20-21(26-6-5-25-20)29-9-3-16(31)4-10-29/h1,5-6,11-13,16,31H,2-4,7-10H2. The molecule has 2 aromatic heterocycles. The SMILES string of the molecule is OC1CCN(c2nccnc2C2=CCN(c3ncc4cc(F)c(Cl)cc4n3)CC2)CC1. The monoisotopic (exact) mass is 440 g/mol. The third kappa shape index (κ3) is 4.05. The van der Waals surface area contributed by atoms with Gasteiger partial charge >= 0.3 is 0 Å². The molecular formula is C22H22ClFN6O. The van der Waals surface area contributed by atoms with E-state index in [4.69, 9.17) is 11.6 Å². The summed E-state index contributed by atoms with van der Waals surface area (Å²) in [4.78, 5) is 22.5. The van der Waals surface area contributed by atoms with E-state index in [9.17, 15) is 9.50 Å². The van der Waals surface area contributed by atoms with E-state index in [2.05, 4.69) is 35.8 Å². The van der Waals surface area contributed by atoms with E-state index in [1.165, 1.54) is 12.1 Å². The van der Waals surface area contributed by atoms with Gasteiger partial charge in [-0.25, -0.2) is 19.3 Å². The predicted octanol–water partition coefficient (Wildman–Crippen LogP) is 3.47. The molecule has 0 aliphatic carbocycles. The molecule has 4 heterocycles. The number of aliphatic hydroxyl groups excluding tert-OH is 1. The smallest absolute Gasteiger partial charge is 0.226 e. The first-order valence-corrected chi connectivity index (χ1v) is 10.8. The van der Waals surface area contributed by atoms with Crippen LogP contribution in [0.15, 0.2) is 36.8 Å². The third-order valence-electron chi connectivity index (χ3n) is 5.85. The largest absolute Gasteiger partial charge is 0.393 e. The van der Waals surface area contributed by atoms with E-state index in [-0.39, 0.29) is 11.1 Å². The molecule has 0 spiro atoms. The molecule has 1 fully saturated rings. The first-order valence-electron chi connectivity index (χ1n) is 10.4. The number of halogens is 2. The van der Waals surface area contributed by atoms with E-state index in [0.29, 0.717) is 23.4 Å². The molecule has 0 atom stereocenters. The van der Waals surface area contributed by atoms with Crippen LogP contribution in [0.1, 0.15) is 25.0 Å². The molecular weight excluding hydrogens is 419 g/mol. The maximum Gasteiger partial charge on any atom is 0.226 e. The van der Waals surface area contributed by atoms with Gasteiger partial charge in [-0.15, -0.1) is 0 Å². The second-order valence-corrected chi connectivity index (χ2v) is 8.27. The summed E-state index contributed by atoms with van der Waals surface area (Å²) in [6.07, 6.45) is 9.26. The minimum atomic E-state index is -0.473. The van der Waals surface area contributed by atoms with E-state index < -0.39 is 5.82 Å². The van der Waals surface area contributed by atoms with Gasteiger partial charge in [0.15, 0.2) is 5.82 Å². The van der Waals surface area contributed by atoms with Gasteiger partial charge in [0, 0.05) is 50.2 Å². The zero-order valence-corrected chi connectivity index (χ0v) is 17.6. The lowest BCUT2D eigenvalue weighted by atomic mass is 10.0. The van der Waals surface area contributed by atoms with Crippen LogP contribution in [-0.4, -0.2) is 57.3 Å². The van der Waals surface area contributed by atoms with E-state index >= 15 is 0 Å². The van der Waals surface area contributed by atoms with Crippen LogP contribution in [0.3, 0.4) is 0 Å². The van der Waals surface area contributed by atoms with Crippen LogP contribution < -0.4 is 9.80 Å². The number of aliphatic hydroxyl groups is 1. The fourth-order valence-electron chi connectivity index (χ4n) is 4.10. The number of nitrogens with zero attached hydrogens (tertiary/aromatic N) is 6. The maximum absolute atomic E-state index is 13.7. The van der Waals surface area contributed by atoms with Crippen molar-refractivity contribution < 1.29 is 9.50 Å². The highest BCUT2D eigenvalue weighted by atomic mass is 35.5. The second-order valence-electron chi connectivity index (χ2n) is 7.87. The fourth-order valence-corrected chi connectivity index (χ4v) is 4.26. The lowest BCUT2D eigenvalue weighted by Gasteiger charge is -2.32. The molecule has 0 amide bonds. The fraction of sp³-hybridized carbons (Fsp3) is 0.364. The highest BCUT2D eigenvalue weighted by molar-refractivity contribution is 6.31. The number of rotatable bonds is 3. The lowest BCUT2D eigenvalue weighted by Crippen LogP contribution is -2.37. The Morgan fingerprint density at radius 3 is 2.61 bits per heavy atom. The molecule has 1 N–H and O–H groups in total. The summed E-state index contributed by atoms with van der Waals surface area (Å²) in [5.74, 6) is 1.00. The highest BCUT2D eigenvalue weighted by Crippen LogP contribution is 2.30. The number of fused-ring (bicyclic) bond motifs is 1. The lowest BCUT2D eigenvalue weighted by molar-refractivity contribution is 0.145. The minimum Gasteiger partial charge on any atom is -0.393 e. The molecule has 9 heteroatoms. The molecule has 0 radical (unpaired) electrons. The van der Waals surface area contributed by atoms with Crippen LogP contribution in [0.25, 0.3) is 16.5 Å². The summed E-state index contributed by atoms with van der Waals surface area (Å²) < 4.78 is 13.7. The van der Waals surface area contributed by atoms with Crippen molar-refractivity contribution in [3.8, 4) is 0 Å². The van der Waals surface area contributed by atoms with Crippen molar-refractivity contribution in [1.82, 2.24) is 19.9 Å². The summed E-state index contributed by atoms with van der Waals surface area (Å²) in [5.41, 5.74) is 2.67. The molecule has 5 rings (SSSR count). The normalized spacial score (nSPS) is 17.8. The Kier molecular flexibility index (Phi) is 5.41. The Hall–Kier alpha value is -2.84. The molecule has 1 aromatic carbocycles. The van der Waals surface area contributed by atoms with Gasteiger partial charge in [-0.1, -0.05) is 17.7 Å². The number of hydrogen-bond acceptors (Lipinski definition) is 7. The van der Waals surface area contributed by atoms with Crippen LogP contribution in [0.4, 0.5) is 16.2 Å². The Balaban J connectivity index is 1.37. The van der Waals surface area contributed by atoms with Crippen LogP contribution in [0, 0.1) is 5.82 Å². The van der Waals surface area contributed by atoms with Crippen LogP contribution in [0.2, 0.25) is 5.02 Å². The van der Waals surface area contributed by atoms with Gasteiger partial charge in [0.05, 0.1) is 16.6 Å². The van der Waals surface area contributed by atoms with Gasteiger partial charge in [0.2, 0.25) is 5.95 Å². The van der Waals surface area contributed by atoms with Gasteiger partial charge < -0.3 is 14.9 Å². The van der Waals surface area contributed by atoms with Crippen molar-refractivity contribution in [2.24, 2.45) is 0 Å². The summed E-state index contributed by atoms with van der Waals surface area (Å²) in [6, 6.07) is 2.88. The Labute approximate surface area is 184 Å². The van der Waals surface area contributed by atoms with Crippen molar-refractivity contribution >= 4 is 39.8 Å². The molecule has 1 saturated heterocycles. The molecule has 3 aromatic rings. The van der Waals surface area contributed by atoms with E-state index in [1.807, 2.05) is 0 Å². The first kappa shape index (κ1) is 20.1. The predicted molar refractivity (Wildman–Crippen MR) is 119 cm³/mol. The molecule has 160 valence electrons. The van der Waals surface area contributed by atoms with Crippen LogP contribution in [0.5, 0.6) is 0 Å². The second kappa shape index (κ2) is 8.36. The van der Waals surface area contributed by atoms with Crippen molar-refractivity contribution in [2.45, 2.75) is 25.4 Å². The van der Waals surface area contributed by atoms with Crippen molar-refractivity contribution in [1.29, 1.82) is 0 Å². The first-order chi connectivity index (χ1) is 15.1. The van der Waals surface area contributed by atoms with Crippen molar-refractivity contribution in [2.75, 3.05) is 36.0 Å². The number of hydrogen-bond donors (Lipinski definition) is 1. The molecule has 2 aliphatic rings. The van der Waals surface area contributed by atoms with Crippen LogP contribution >= 0.6 is 11.6 Å². The minimum absolute atomic E-state index is 0.0541. The average molecular weight is 441 g/mol. The van der Waals surface area contributed by atoms with E-state index in [1.54, 1.807) is 18.6 Å². The molecule has 31 heavy (non-hydrogen) atoms. The van der Waals surface area contributed by atoms with Gasteiger partial charge in [0.25, 0.3) is 0 Å². The molecule has 0 bridgehead atoms. The quantitative estimate of drug-likeness (QED) is 0.668. The summed E-state index contributed by atoms with van der Waals surface area (Å²) in [7, 11) is 0. The molecule has 0 unspecified atom stereocenters. The summed E-state index contributed by atoms with van der Waals surface area (Å²) >= 11 is 5.91. The topological polar surface area (TPSA) is 78.3 Å². The van der Waals surface area contributed by atoms with Gasteiger partial charge in [0.1, 0.15) is 11.5 Å². The van der Waals surface area contributed by atoms with Gasteiger partial charge in [-0.3, -0.25) is 4.98 Å². The van der Waals surface area contributed by atoms with E-state index in [0.717, 1.165) is 56.0 Å². The summed E-state index contributed by atoms with van der Waals surface area (Å²) in [5, 5.41) is 10.5. The van der Waals surface area contributed by atoms with Crippen LogP contribution in [-0.2, 0) is 0 Å². The third-order valence-corrected chi connectivity index (χ3v) is 6.14. The molecule has 7 nitrogen and oxygen atoms in total.